The maximum absolute atomic E-state index is 10.9. The number of hydrogen-bond donors (Lipinski definition) is 0. The molecule has 0 aromatic carbocycles. The smallest absolute Gasteiger partial charge is 0.193 e. The van der Waals surface area contributed by atoms with Crippen LogP contribution in [-0.4, -0.2) is 12.8 Å². The average molecular weight is 172 g/mol. The first-order chi connectivity index (χ1) is 5.20. The summed E-state index contributed by atoms with van der Waals surface area (Å²) in [6.07, 6.45) is 1.74. The zero-order chi connectivity index (χ0) is 8.69. The summed E-state index contributed by atoms with van der Waals surface area (Å²) < 4.78 is 15.7. The van der Waals surface area contributed by atoms with E-state index in [1.165, 1.54) is 6.08 Å². The quantitative estimate of drug-likeness (QED) is 0.482. The van der Waals surface area contributed by atoms with Crippen LogP contribution >= 0.6 is 8.03 Å². The van der Waals surface area contributed by atoms with Gasteiger partial charge in [-0.3, -0.25) is 0 Å². The third kappa shape index (κ3) is 5.72. The van der Waals surface area contributed by atoms with Gasteiger partial charge in [-0.05, 0) is 24.0 Å². The summed E-state index contributed by atoms with van der Waals surface area (Å²) in [5.74, 6) is 0. The normalized spacial score (nSPS) is 12.5. The molecule has 1 unspecified atom stereocenters. The van der Waals surface area contributed by atoms with Crippen LogP contribution < -0.4 is 0 Å². The number of rotatable bonds is 4. The van der Waals surface area contributed by atoms with E-state index in [0.717, 1.165) is 5.57 Å². The van der Waals surface area contributed by atoms with Crippen molar-refractivity contribution in [1.29, 1.82) is 5.26 Å². The largest absolute Gasteiger partial charge is 0.512 e. The summed E-state index contributed by atoms with van der Waals surface area (Å²) in [4.78, 5) is 0. The van der Waals surface area contributed by atoms with E-state index in [4.69, 9.17) is 9.79 Å². The van der Waals surface area contributed by atoms with Gasteiger partial charge in [0.1, 0.15) is 0 Å². The molecule has 0 bridgehead atoms. The van der Waals surface area contributed by atoms with Gasteiger partial charge in [0.25, 0.3) is 0 Å². The molecular weight excluding hydrogens is 161 g/mol. The molecule has 0 aromatic heterocycles. The lowest BCUT2D eigenvalue weighted by molar-refractivity contribution is 0.352. The van der Waals surface area contributed by atoms with E-state index in [1.54, 1.807) is 13.8 Å². The van der Waals surface area contributed by atoms with Crippen molar-refractivity contribution < 1.29 is 9.09 Å². The minimum absolute atomic E-state index is 0.358. The van der Waals surface area contributed by atoms with Crippen molar-refractivity contribution in [3.63, 3.8) is 0 Å². The highest BCUT2D eigenvalue weighted by atomic mass is 31.1. The Labute approximate surface area is 67.5 Å². The van der Waals surface area contributed by atoms with Crippen molar-refractivity contribution in [3.05, 3.63) is 11.6 Å². The van der Waals surface area contributed by atoms with Gasteiger partial charge < -0.3 is 0 Å². The lowest BCUT2D eigenvalue weighted by Gasteiger charge is -1.85. The minimum atomic E-state index is -1.60. The van der Waals surface area contributed by atoms with Gasteiger partial charge in [-0.15, -0.1) is 4.52 Å². The van der Waals surface area contributed by atoms with Crippen LogP contribution in [0, 0.1) is 11.3 Å². The Hall–Kier alpha value is -0.710. The summed E-state index contributed by atoms with van der Waals surface area (Å²) in [7, 11) is -1.60. The Morgan fingerprint density at radius 2 is 2.45 bits per heavy atom. The number of nitrogens with zero attached hydrogens (tertiary/aromatic N) is 1. The molecule has 0 saturated heterocycles. The van der Waals surface area contributed by atoms with Crippen LogP contribution in [0.15, 0.2) is 11.6 Å². The molecule has 1 atom stereocenters. The van der Waals surface area contributed by atoms with Crippen molar-refractivity contribution in [1.82, 2.24) is 0 Å². The summed E-state index contributed by atoms with van der Waals surface area (Å²) in [6, 6.07) is 1.87. The standard InChI is InChI=1S/C7H11NO2P/c1-3-10-11(9)6-7(2)4-5-8/h4H,3,6H2,1-2H3/q+1/b7-4+. The highest BCUT2D eigenvalue weighted by Crippen LogP contribution is 2.24. The molecule has 0 N–H and O–H groups in total. The first-order valence-electron chi connectivity index (χ1n) is 3.33. The molecule has 0 aliphatic heterocycles. The van der Waals surface area contributed by atoms with E-state index < -0.39 is 8.03 Å². The van der Waals surface area contributed by atoms with Crippen LogP contribution in [0.3, 0.4) is 0 Å². The Bertz CT molecular complexity index is 205. The Kier molecular flexibility index (Phi) is 5.64. The molecule has 0 fully saturated rings. The van der Waals surface area contributed by atoms with Gasteiger partial charge >= 0.3 is 8.03 Å². The zero-order valence-corrected chi connectivity index (χ0v) is 7.60. The third-order valence-corrected chi connectivity index (χ3v) is 2.27. The summed E-state index contributed by atoms with van der Waals surface area (Å²) in [5.41, 5.74) is 0.794. The molecule has 0 amide bonds. The molecule has 11 heavy (non-hydrogen) atoms. The molecule has 0 spiro atoms. The highest BCUT2D eigenvalue weighted by Gasteiger charge is 2.15. The maximum Gasteiger partial charge on any atom is 0.512 e. The molecule has 4 heteroatoms. The van der Waals surface area contributed by atoms with Crippen LogP contribution in [0.25, 0.3) is 0 Å². The molecule has 0 rings (SSSR count). The van der Waals surface area contributed by atoms with Gasteiger partial charge in [0.2, 0.25) is 0 Å². The number of allylic oxidation sites excluding steroid dienone is 2. The molecule has 0 aliphatic carbocycles. The first kappa shape index (κ1) is 10.3. The summed E-state index contributed by atoms with van der Waals surface area (Å²) in [5, 5.41) is 8.22. The van der Waals surface area contributed by atoms with Crippen molar-refractivity contribution in [3.8, 4) is 6.07 Å². The van der Waals surface area contributed by atoms with Crippen LogP contribution in [0.2, 0.25) is 0 Å². The third-order valence-electron chi connectivity index (χ3n) is 0.963. The van der Waals surface area contributed by atoms with Gasteiger partial charge in [-0.2, -0.15) is 5.26 Å². The van der Waals surface area contributed by atoms with Gasteiger partial charge in [0.05, 0.1) is 12.7 Å². The van der Waals surface area contributed by atoms with Gasteiger partial charge in [0.15, 0.2) is 6.16 Å². The SMILES string of the molecule is CCO[P+](=O)C/C(C)=C/C#N. The van der Waals surface area contributed by atoms with Gasteiger partial charge in [-0.25, -0.2) is 0 Å². The molecule has 0 aliphatic rings. The van der Waals surface area contributed by atoms with E-state index in [2.05, 4.69) is 0 Å². The predicted octanol–water partition coefficient (Wildman–Crippen LogP) is 2.24. The monoisotopic (exact) mass is 172 g/mol. The summed E-state index contributed by atoms with van der Waals surface area (Å²) >= 11 is 0. The molecule has 0 saturated carbocycles. The van der Waals surface area contributed by atoms with Crippen molar-refractivity contribution in [2.45, 2.75) is 13.8 Å². The molecular formula is C7H11NO2P+. The van der Waals surface area contributed by atoms with E-state index in [9.17, 15) is 4.57 Å². The van der Waals surface area contributed by atoms with Crippen LogP contribution in [0.4, 0.5) is 0 Å². The Balaban J connectivity index is 3.77. The number of nitriles is 1. The van der Waals surface area contributed by atoms with E-state index in [0.29, 0.717) is 12.8 Å². The van der Waals surface area contributed by atoms with Crippen molar-refractivity contribution >= 4 is 8.03 Å². The van der Waals surface area contributed by atoms with E-state index in [-0.39, 0.29) is 0 Å². The van der Waals surface area contributed by atoms with Gasteiger partial charge in [-0.1, -0.05) is 0 Å². The topological polar surface area (TPSA) is 50.1 Å². The van der Waals surface area contributed by atoms with Crippen LogP contribution in [0.1, 0.15) is 13.8 Å². The average Bonchev–Trinajstić information content (AvgIpc) is 1.87. The van der Waals surface area contributed by atoms with Crippen LogP contribution in [0.5, 0.6) is 0 Å². The molecule has 3 nitrogen and oxygen atoms in total. The van der Waals surface area contributed by atoms with Crippen molar-refractivity contribution in [2.75, 3.05) is 12.8 Å². The Morgan fingerprint density at radius 1 is 1.82 bits per heavy atom. The fraction of sp³-hybridized carbons (Fsp3) is 0.571. The van der Waals surface area contributed by atoms with E-state index >= 15 is 0 Å². The van der Waals surface area contributed by atoms with E-state index in [1.807, 2.05) is 6.07 Å². The minimum Gasteiger partial charge on any atom is -0.193 e. The molecule has 0 heterocycles. The second-order valence-electron chi connectivity index (χ2n) is 2.03. The molecule has 0 radical (unpaired) electrons. The van der Waals surface area contributed by atoms with Crippen LogP contribution in [-0.2, 0) is 9.09 Å². The Morgan fingerprint density at radius 3 is 2.91 bits per heavy atom. The number of hydrogen-bond acceptors (Lipinski definition) is 3. The zero-order valence-electron chi connectivity index (χ0n) is 6.70. The maximum atomic E-state index is 10.9. The lowest BCUT2D eigenvalue weighted by atomic mass is 10.3. The lowest BCUT2D eigenvalue weighted by Crippen LogP contribution is -1.84. The van der Waals surface area contributed by atoms with Crippen molar-refractivity contribution in [2.24, 2.45) is 0 Å². The molecule has 0 aromatic rings. The second-order valence-corrected chi connectivity index (χ2v) is 3.27. The fourth-order valence-corrected chi connectivity index (χ4v) is 1.43. The highest BCUT2D eigenvalue weighted by molar-refractivity contribution is 7.39. The van der Waals surface area contributed by atoms with Gasteiger partial charge in [0, 0.05) is 6.08 Å². The predicted molar refractivity (Wildman–Crippen MR) is 43.5 cm³/mol. The molecule has 60 valence electrons. The second kappa shape index (κ2) is 6.03. The first-order valence-corrected chi connectivity index (χ1v) is 4.69. The fourth-order valence-electron chi connectivity index (χ4n) is 0.549. The summed E-state index contributed by atoms with van der Waals surface area (Å²) in [6.45, 7) is 4.00.